The molecule has 1 aromatic rings. The zero-order valence-electron chi connectivity index (χ0n) is 14.5. The number of guanidine groups is 1. The van der Waals surface area contributed by atoms with Crippen molar-refractivity contribution >= 4 is 47.6 Å². The van der Waals surface area contributed by atoms with Crippen molar-refractivity contribution in [3.63, 3.8) is 0 Å². The Hall–Kier alpha value is -1.16. The molecule has 4 N–H and O–H groups in total. The summed E-state index contributed by atoms with van der Waals surface area (Å²) in [5.74, 6) is 1.73. The third-order valence-electron chi connectivity index (χ3n) is 3.67. The molecule has 0 spiro atoms. The van der Waals surface area contributed by atoms with Gasteiger partial charge in [-0.1, -0.05) is 12.1 Å². The van der Waals surface area contributed by atoms with Crippen LogP contribution in [-0.4, -0.2) is 54.2 Å². The molecule has 6 nitrogen and oxygen atoms in total. The van der Waals surface area contributed by atoms with Crippen molar-refractivity contribution in [2.24, 2.45) is 4.99 Å². The summed E-state index contributed by atoms with van der Waals surface area (Å²) in [6.45, 7) is 4.68. The number of halogens is 1. The van der Waals surface area contributed by atoms with Gasteiger partial charge in [0.25, 0.3) is 5.91 Å². The Kier molecular flexibility index (Phi) is 10.7. The molecular formula is C17H27IN4O2S. The minimum Gasteiger partial charge on any atom is -0.507 e. The number of nitrogens with zero attached hydrogens (tertiary/aromatic N) is 1. The summed E-state index contributed by atoms with van der Waals surface area (Å²) in [6, 6.07) is 6.52. The average molecular weight is 478 g/mol. The first-order valence-electron chi connectivity index (χ1n) is 8.40. The van der Waals surface area contributed by atoms with Gasteiger partial charge in [-0.2, -0.15) is 11.8 Å². The van der Waals surface area contributed by atoms with Crippen molar-refractivity contribution in [2.45, 2.75) is 25.0 Å². The highest BCUT2D eigenvalue weighted by atomic mass is 127. The lowest BCUT2D eigenvalue weighted by Gasteiger charge is -2.13. The Bertz CT molecular complexity index is 565. The minimum atomic E-state index is -0.279. The third-order valence-corrected chi connectivity index (χ3v) is 5.05. The number of thioether (sulfide) groups is 1. The number of hydrogen-bond donors (Lipinski definition) is 4. The minimum absolute atomic E-state index is 0. The highest BCUT2D eigenvalue weighted by Gasteiger charge is 2.15. The van der Waals surface area contributed by atoms with E-state index in [1.165, 1.54) is 24.7 Å². The normalized spacial score (nSPS) is 16.8. The zero-order chi connectivity index (χ0) is 17.2. The van der Waals surface area contributed by atoms with Crippen LogP contribution in [-0.2, 0) is 0 Å². The van der Waals surface area contributed by atoms with Gasteiger partial charge in [0, 0.05) is 24.9 Å². The highest BCUT2D eigenvalue weighted by Crippen LogP contribution is 2.25. The van der Waals surface area contributed by atoms with Crippen molar-refractivity contribution in [1.82, 2.24) is 16.0 Å². The largest absolute Gasteiger partial charge is 0.507 e. The molecule has 0 radical (unpaired) electrons. The van der Waals surface area contributed by atoms with Crippen molar-refractivity contribution < 1.29 is 9.90 Å². The number of benzene rings is 1. The number of aliphatic imine (C=N–C) groups is 1. The molecule has 25 heavy (non-hydrogen) atoms. The van der Waals surface area contributed by atoms with E-state index in [-0.39, 0.29) is 41.2 Å². The molecule has 1 amide bonds. The number of rotatable bonds is 7. The average Bonchev–Trinajstić information content (AvgIpc) is 3.10. The molecule has 0 saturated carbocycles. The van der Waals surface area contributed by atoms with Crippen LogP contribution >= 0.6 is 35.7 Å². The molecule has 1 aliphatic rings. The Morgan fingerprint density at radius 3 is 2.72 bits per heavy atom. The first kappa shape index (κ1) is 21.9. The van der Waals surface area contributed by atoms with E-state index in [0.717, 1.165) is 19.0 Å². The number of carbonyl (C=O) groups excluding carboxylic acids is 1. The fourth-order valence-electron chi connectivity index (χ4n) is 2.44. The number of amides is 1. The maximum atomic E-state index is 12.0. The van der Waals surface area contributed by atoms with Crippen LogP contribution in [0.5, 0.6) is 5.75 Å². The van der Waals surface area contributed by atoms with Gasteiger partial charge in [-0.25, -0.2) is 0 Å². The van der Waals surface area contributed by atoms with Gasteiger partial charge >= 0.3 is 0 Å². The van der Waals surface area contributed by atoms with Crippen LogP contribution < -0.4 is 16.0 Å². The Morgan fingerprint density at radius 1 is 1.28 bits per heavy atom. The van der Waals surface area contributed by atoms with Gasteiger partial charge in [0.1, 0.15) is 5.75 Å². The molecule has 1 atom stereocenters. The smallest absolute Gasteiger partial charge is 0.255 e. The second kappa shape index (κ2) is 12.2. The number of hydrogen-bond acceptors (Lipinski definition) is 4. The fourth-order valence-corrected chi connectivity index (χ4v) is 3.62. The van der Waals surface area contributed by atoms with Gasteiger partial charge in [0.05, 0.1) is 12.1 Å². The molecule has 1 unspecified atom stereocenters. The van der Waals surface area contributed by atoms with Crippen LogP contribution in [0.4, 0.5) is 0 Å². The molecule has 2 rings (SSSR count). The van der Waals surface area contributed by atoms with Gasteiger partial charge in [-0.15, -0.1) is 24.0 Å². The maximum absolute atomic E-state index is 12.0. The van der Waals surface area contributed by atoms with Crippen LogP contribution in [0, 0.1) is 0 Å². The molecule has 1 saturated heterocycles. The van der Waals surface area contributed by atoms with Gasteiger partial charge in [0.2, 0.25) is 0 Å². The maximum Gasteiger partial charge on any atom is 0.255 e. The van der Waals surface area contributed by atoms with E-state index in [9.17, 15) is 9.90 Å². The number of para-hydroxylation sites is 1. The van der Waals surface area contributed by atoms with Crippen molar-refractivity contribution in [1.29, 1.82) is 0 Å². The molecule has 140 valence electrons. The van der Waals surface area contributed by atoms with Crippen LogP contribution in [0.2, 0.25) is 0 Å². The summed E-state index contributed by atoms with van der Waals surface area (Å²) in [5.41, 5.74) is 0.288. The predicted molar refractivity (Wildman–Crippen MR) is 115 cm³/mol. The van der Waals surface area contributed by atoms with E-state index in [2.05, 4.69) is 20.9 Å². The van der Waals surface area contributed by atoms with Crippen molar-refractivity contribution in [3.05, 3.63) is 29.8 Å². The monoisotopic (exact) mass is 478 g/mol. The molecule has 1 fully saturated rings. The number of aromatic hydroxyl groups is 1. The molecular weight excluding hydrogens is 451 g/mol. The molecule has 1 aromatic carbocycles. The molecule has 0 aromatic heterocycles. The quantitative estimate of drug-likeness (QED) is 0.209. The number of phenolic OH excluding ortho intramolecular Hbond substituents is 1. The summed E-state index contributed by atoms with van der Waals surface area (Å²) in [6.07, 6.45) is 2.53. The van der Waals surface area contributed by atoms with E-state index in [1.807, 2.05) is 18.7 Å². The van der Waals surface area contributed by atoms with E-state index in [1.54, 1.807) is 18.2 Å². The van der Waals surface area contributed by atoms with E-state index in [0.29, 0.717) is 18.3 Å². The number of phenols is 1. The van der Waals surface area contributed by atoms with Crippen molar-refractivity contribution in [2.75, 3.05) is 31.9 Å². The van der Waals surface area contributed by atoms with Crippen LogP contribution in [0.1, 0.15) is 30.1 Å². The van der Waals surface area contributed by atoms with Gasteiger partial charge < -0.3 is 21.1 Å². The summed E-state index contributed by atoms with van der Waals surface area (Å²) >= 11 is 1.99. The van der Waals surface area contributed by atoms with Crippen LogP contribution in [0.25, 0.3) is 0 Å². The Labute approximate surface area is 170 Å². The lowest BCUT2D eigenvalue weighted by molar-refractivity contribution is 0.0951. The Morgan fingerprint density at radius 2 is 2.04 bits per heavy atom. The van der Waals surface area contributed by atoms with Crippen LogP contribution in [0.3, 0.4) is 0 Å². The predicted octanol–water partition coefficient (Wildman–Crippen LogP) is 2.19. The van der Waals surface area contributed by atoms with Gasteiger partial charge in [0.15, 0.2) is 5.96 Å². The molecule has 0 bridgehead atoms. The lowest BCUT2D eigenvalue weighted by atomic mass is 10.2. The zero-order valence-corrected chi connectivity index (χ0v) is 17.6. The molecule has 0 aliphatic carbocycles. The standard InChI is InChI=1S/C17H26N4O2S.HI/c1-2-18-17(21-12-13-6-5-11-24-13)20-10-9-19-16(23)14-7-3-4-8-15(14)22;/h3-4,7-8,13,22H,2,5-6,9-12H2,1H3,(H,19,23)(H2,18,20,21);1H. The summed E-state index contributed by atoms with van der Waals surface area (Å²) in [4.78, 5) is 16.6. The Balaban J connectivity index is 0.00000312. The number of nitrogens with one attached hydrogen (secondary N) is 3. The summed E-state index contributed by atoms with van der Waals surface area (Å²) < 4.78 is 0. The molecule has 1 aliphatic heterocycles. The van der Waals surface area contributed by atoms with E-state index < -0.39 is 0 Å². The van der Waals surface area contributed by atoms with Crippen LogP contribution in [0.15, 0.2) is 29.3 Å². The second-order valence-electron chi connectivity index (χ2n) is 5.55. The fraction of sp³-hybridized carbons (Fsp3) is 0.529. The van der Waals surface area contributed by atoms with E-state index >= 15 is 0 Å². The lowest BCUT2D eigenvalue weighted by Crippen LogP contribution is -2.41. The molecule has 8 heteroatoms. The first-order chi connectivity index (χ1) is 11.7. The topological polar surface area (TPSA) is 85.8 Å². The highest BCUT2D eigenvalue weighted by molar-refractivity contribution is 14.0. The number of carbonyl (C=O) groups is 1. The second-order valence-corrected chi connectivity index (χ2v) is 6.96. The molecule has 1 heterocycles. The summed E-state index contributed by atoms with van der Waals surface area (Å²) in [7, 11) is 0. The van der Waals surface area contributed by atoms with Gasteiger partial charge in [-0.05, 0) is 37.7 Å². The third kappa shape index (κ3) is 7.72. The summed E-state index contributed by atoms with van der Waals surface area (Å²) in [5, 5.41) is 19.5. The van der Waals surface area contributed by atoms with E-state index in [4.69, 9.17) is 0 Å². The SMILES string of the molecule is CCNC(=NCC1CCCS1)NCCNC(=O)c1ccccc1O.I. The van der Waals surface area contributed by atoms with Gasteiger partial charge in [-0.3, -0.25) is 9.79 Å². The van der Waals surface area contributed by atoms with Crippen molar-refractivity contribution in [3.8, 4) is 5.75 Å². The first-order valence-corrected chi connectivity index (χ1v) is 9.45.